The zero-order chi connectivity index (χ0) is 20.1. The zero-order valence-corrected chi connectivity index (χ0v) is 15.9. The normalized spacial score (nSPS) is 10.5. The number of esters is 1. The molecule has 0 radical (unpaired) electrons. The number of aromatic amines is 1. The maximum absolute atomic E-state index is 12.5. The highest BCUT2D eigenvalue weighted by atomic mass is 16.5. The van der Waals surface area contributed by atoms with Gasteiger partial charge in [0.1, 0.15) is 0 Å². The van der Waals surface area contributed by atoms with Gasteiger partial charge in [-0.2, -0.15) is 0 Å². The SMILES string of the molecule is CCOC(=O)c1cc(-c2ccnc(Nc3ccccc3)n2)[nH]c1-c1ccccc1. The van der Waals surface area contributed by atoms with Crippen LogP contribution in [-0.2, 0) is 4.74 Å². The van der Waals surface area contributed by atoms with Crippen molar-refractivity contribution in [3.63, 3.8) is 0 Å². The molecule has 2 N–H and O–H groups in total. The van der Waals surface area contributed by atoms with Crippen molar-refractivity contribution < 1.29 is 9.53 Å². The van der Waals surface area contributed by atoms with Crippen LogP contribution in [0.2, 0.25) is 0 Å². The van der Waals surface area contributed by atoms with Crippen molar-refractivity contribution in [2.45, 2.75) is 6.92 Å². The van der Waals surface area contributed by atoms with E-state index in [-0.39, 0.29) is 5.97 Å². The lowest BCUT2D eigenvalue weighted by molar-refractivity contribution is 0.0527. The van der Waals surface area contributed by atoms with Crippen molar-refractivity contribution in [2.24, 2.45) is 0 Å². The van der Waals surface area contributed by atoms with Gasteiger partial charge >= 0.3 is 5.97 Å². The Morgan fingerprint density at radius 2 is 1.76 bits per heavy atom. The molecule has 2 heterocycles. The van der Waals surface area contributed by atoms with E-state index in [9.17, 15) is 4.79 Å². The van der Waals surface area contributed by atoms with Gasteiger partial charge in [-0.3, -0.25) is 0 Å². The first kappa shape index (κ1) is 18.4. The molecule has 0 saturated carbocycles. The van der Waals surface area contributed by atoms with Gasteiger partial charge in [0.2, 0.25) is 5.95 Å². The van der Waals surface area contributed by atoms with E-state index in [1.165, 1.54) is 0 Å². The molecule has 2 aromatic heterocycles. The molecule has 0 aliphatic rings. The summed E-state index contributed by atoms with van der Waals surface area (Å²) in [6, 6.07) is 23.0. The Labute approximate surface area is 168 Å². The number of hydrogen-bond acceptors (Lipinski definition) is 5. The fraction of sp³-hybridized carbons (Fsp3) is 0.0870. The molecule has 0 aliphatic carbocycles. The van der Waals surface area contributed by atoms with Crippen LogP contribution < -0.4 is 5.32 Å². The second-order valence-corrected chi connectivity index (χ2v) is 6.31. The molecule has 6 nitrogen and oxygen atoms in total. The minimum absolute atomic E-state index is 0.312. The zero-order valence-electron chi connectivity index (χ0n) is 15.9. The van der Waals surface area contributed by atoms with E-state index < -0.39 is 0 Å². The summed E-state index contributed by atoms with van der Waals surface area (Å²) in [5, 5.41) is 3.18. The van der Waals surface area contributed by atoms with E-state index in [0.717, 1.165) is 11.3 Å². The van der Waals surface area contributed by atoms with Crippen LogP contribution in [0.15, 0.2) is 79.0 Å². The highest BCUT2D eigenvalue weighted by Gasteiger charge is 2.19. The standard InChI is InChI=1S/C23H20N4O2/c1-2-29-22(28)18-15-20(26-21(18)16-9-5-3-6-10-16)19-13-14-24-23(27-19)25-17-11-7-4-8-12-17/h3-15,26H,2H2,1H3,(H,24,25,27). The van der Waals surface area contributed by atoms with Gasteiger partial charge in [-0.15, -0.1) is 0 Å². The summed E-state index contributed by atoms with van der Waals surface area (Å²) in [5.74, 6) is 0.104. The molecule has 0 fully saturated rings. The summed E-state index contributed by atoms with van der Waals surface area (Å²) < 4.78 is 5.24. The molecular weight excluding hydrogens is 364 g/mol. The van der Waals surface area contributed by atoms with Gasteiger partial charge in [0, 0.05) is 11.9 Å². The van der Waals surface area contributed by atoms with Crippen LogP contribution in [0.1, 0.15) is 17.3 Å². The summed E-state index contributed by atoms with van der Waals surface area (Å²) in [6.07, 6.45) is 1.68. The van der Waals surface area contributed by atoms with Crippen molar-refractivity contribution in [1.29, 1.82) is 0 Å². The average molecular weight is 384 g/mol. The number of hydrogen-bond donors (Lipinski definition) is 2. The van der Waals surface area contributed by atoms with Gasteiger partial charge in [0.05, 0.1) is 29.3 Å². The van der Waals surface area contributed by atoms with E-state index in [4.69, 9.17) is 4.74 Å². The van der Waals surface area contributed by atoms with Crippen LogP contribution in [0, 0.1) is 0 Å². The first-order chi connectivity index (χ1) is 14.2. The molecule has 6 heteroatoms. The summed E-state index contributed by atoms with van der Waals surface area (Å²) >= 11 is 0. The molecule has 0 spiro atoms. The average Bonchev–Trinajstić information content (AvgIpc) is 3.21. The van der Waals surface area contributed by atoms with Crippen LogP contribution in [0.4, 0.5) is 11.6 Å². The number of H-pyrrole nitrogens is 1. The molecule has 4 aromatic rings. The highest BCUT2D eigenvalue weighted by Crippen LogP contribution is 2.29. The number of aromatic nitrogens is 3. The van der Waals surface area contributed by atoms with Crippen LogP contribution >= 0.6 is 0 Å². The van der Waals surface area contributed by atoms with Crippen LogP contribution in [0.3, 0.4) is 0 Å². The fourth-order valence-corrected chi connectivity index (χ4v) is 3.01. The van der Waals surface area contributed by atoms with Gasteiger partial charge in [-0.25, -0.2) is 14.8 Å². The first-order valence-corrected chi connectivity index (χ1v) is 9.35. The summed E-state index contributed by atoms with van der Waals surface area (Å²) in [7, 11) is 0. The number of benzene rings is 2. The van der Waals surface area contributed by atoms with Crippen LogP contribution in [0.5, 0.6) is 0 Å². The van der Waals surface area contributed by atoms with Crippen LogP contribution in [-0.4, -0.2) is 27.5 Å². The van der Waals surface area contributed by atoms with E-state index in [2.05, 4.69) is 20.3 Å². The first-order valence-electron chi connectivity index (χ1n) is 9.35. The Kier molecular flexibility index (Phi) is 5.33. The van der Waals surface area contributed by atoms with Gasteiger partial charge < -0.3 is 15.0 Å². The Morgan fingerprint density at radius 3 is 2.48 bits per heavy atom. The topological polar surface area (TPSA) is 79.9 Å². The van der Waals surface area contributed by atoms with E-state index in [1.54, 1.807) is 25.3 Å². The van der Waals surface area contributed by atoms with Crippen molar-refractivity contribution in [3.8, 4) is 22.6 Å². The second kappa shape index (κ2) is 8.39. The van der Waals surface area contributed by atoms with E-state index >= 15 is 0 Å². The van der Waals surface area contributed by atoms with Gasteiger partial charge in [-0.05, 0) is 36.8 Å². The predicted molar refractivity (Wildman–Crippen MR) is 113 cm³/mol. The van der Waals surface area contributed by atoms with Gasteiger partial charge in [0.15, 0.2) is 0 Å². The molecule has 0 amide bonds. The number of carbonyl (C=O) groups is 1. The third-order valence-electron chi connectivity index (χ3n) is 4.34. The molecule has 0 atom stereocenters. The number of para-hydroxylation sites is 1. The number of carbonyl (C=O) groups excluding carboxylic acids is 1. The number of ether oxygens (including phenoxy) is 1. The minimum atomic E-state index is -0.370. The maximum Gasteiger partial charge on any atom is 0.340 e. The lowest BCUT2D eigenvalue weighted by Crippen LogP contribution is -2.04. The minimum Gasteiger partial charge on any atom is -0.462 e. The molecule has 29 heavy (non-hydrogen) atoms. The largest absolute Gasteiger partial charge is 0.462 e. The van der Waals surface area contributed by atoms with Gasteiger partial charge in [0.25, 0.3) is 0 Å². The fourth-order valence-electron chi connectivity index (χ4n) is 3.01. The van der Waals surface area contributed by atoms with Crippen molar-refractivity contribution >= 4 is 17.6 Å². The lowest BCUT2D eigenvalue weighted by atomic mass is 10.1. The third-order valence-corrected chi connectivity index (χ3v) is 4.34. The second-order valence-electron chi connectivity index (χ2n) is 6.31. The smallest absolute Gasteiger partial charge is 0.340 e. The quantitative estimate of drug-likeness (QED) is 0.454. The number of rotatable bonds is 6. The summed E-state index contributed by atoms with van der Waals surface area (Å²) in [6.45, 7) is 2.10. The summed E-state index contributed by atoms with van der Waals surface area (Å²) in [4.78, 5) is 24.7. The Hall–Kier alpha value is -3.93. The van der Waals surface area contributed by atoms with E-state index in [0.29, 0.717) is 35.2 Å². The van der Waals surface area contributed by atoms with Crippen molar-refractivity contribution in [1.82, 2.24) is 15.0 Å². The summed E-state index contributed by atoms with van der Waals surface area (Å²) in [5.41, 5.74) is 4.36. The molecule has 2 aromatic carbocycles. The molecule has 0 saturated heterocycles. The number of nitrogens with zero attached hydrogens (tertiary/aromatic N) is 2. The Balaban J connectivity index is 1.72. The van der Waals surface area contributed by atoms with Crippen molar-refractivity contribution in [3.05, 3.63) is 84.6 Å². The van der Waals surface area contributed by atoms with Gasteiger partial charge in [-0.1, -0.05) is 48.5 Å². The molecule has 0 unspecified atom stereocenters. The van der Waals surface area contributed by atoms with Crippen molar-refractivity contribution in [2.75, 3.05) is 11.9 Å². The third kappa shape index (κ3) is 4.16. The molecule has 0 bridgehead atoms. The monoisotopic (exact) mass is 384 g/mol. The molecule has 144 valence electrons. The lowest BCUT2D eigenvalue weighted by Gasteiger charge is -2.05. The molecule has 4 rings (SSSR count). The number of anilines is 2. The van der Waals surface area contributed by atoms with Crippen LogP contribution in [0.25, 0.3) is 22.6 Å². The molecule has 0 aliphatic heterocycles. The number of nitrogens with one attached hydrogen (secondary N) is 2. The highest BCUT2D eigenvalue weighted by molar-refractivity contribution is 5.98. The molecular formula is C23H20N4O2. The maximum atomic E-state index is 12.5. The Bertz CT molecular complexity index is 1110. The predicted octanol–water partition coefficient (Wildman–Crippen LogP) is 5.06. The van der Waals surface area contributed by atoms with E-state index in [1.807, 2.05) is 60.7 Å². The Morgan fingerprint density at radius 1 is 1.03 bits per heavy atom.